The molecule has 0 unspecified atom stereocenters. The number of ether oxygens (including phenoxy) is 3. The molecule has 176 valence electrons. The number of aromatic nitrogens is 2. The van der Waals surface area contributed by atoms with Gasteiger partial charge in [-0.3, -0.25) is 9.59 Å². The highest BCUT2D eigenvalue weighted by molar-refractivity contribution is 7.13. The Morgan fingerprint density at radius 1 is 0.914 bits per heavy atom. The molecule has 0 saturated heterocycles. The Morgan fingerprint density at radius 2 is 1.60 bits per heavy atom. The van der Waals surface area contributed by atoms with Crippen LogP contribution in [-0.4, -0.2) is 29.7 Å². The SMILES string of the molecule is COc1cccc(-c2nc(COC(=O)Cn3c4ccccc4c(=O)c4ccccc43)cs2)c1OC. The number of fused-ring (bicyclic) bond motifs is 2. The van der Waals surface area contributed by atoms with Crippen LogP contribution in [0.2, 0.25) is 0 Å². The Hall–Kier alpha value is -4.17. The molecule has 2 heterocycles. The van der Waals surface area contributed by atoms with Gasteiger partial charge in [-0.15, -0.1) is 11.3 Å². The van der Waals surface area contributed by atoms with Gasteiger partial charge < -0.3 is 18.8 Å². The molecule has 0 amide bonds. The van der Waals surface area contributed by atoms with E-state index in [1.165, 1.54) is 11.3 Å². The molecule has 3 aromatic carbocycles. The molecule has 0 aliphatic carbocycles. The maximum atomic E-state index is 12.9. The summed E-state index contributed by atoms with van der Waals surface area (Å²) in [6.45, 7) is 0.0136. The van der Waals surface area contributed by atoms with Crippen molar-refractivity contribution in [2.45, 2.75) is 13.2 Å². The summed E-state index contributed by atoms with van der Waals surface area (Å²) < 4.78 is 18.3. The van der Waals surface area contributed by atoms with Gasteiger partial charge >= 0.3 is 5.97 Å². The summed E-state index contributed by atoms with van der Waals surface area (Å²) >= 11 is 1.43. The standard InChI is InChI=1S/C27H22N2O5S/c1-32-23-13-7-10-20(26(23)33-2)27-28-17(16-35-27)15-34-24(30)14-29-21-11-5-3-8-18(21)25(31)19-9-4-6-12-22(19)29/h3-13,16H,14-15H2,1-2H3. The topological polar surface area (TPSA) is 79.7 Å². The van der Waals surface area contributed by atoms with Crippen LogP contribution >= 0.6 is 11.3 Å². The fraction of sp³-hybridized carbons (Fsp3) is 0.148. The van der Waals surface area contributed by atoms with E-state index < -0.39 is 5.97 Å². The molecular weight excluding hydrogens is 464 g/mol. The summed E-state index contributed by atoms with van der Waals surface area (Å²) in [6.07, 6.45) is 0. The van der Waals surface area contributed by atoms with E-state index in [1.807, 2.05) is 64.5 Å². The van der Waals surface area contributed by atoms with Gasteiger partial charge in [-0.05, 0) is 36.4 Å². The predicted molar refractivity (Wildman–Crippen MR) is 136 cm³/mol. The van der Waals surface area contributed by atoms with Crippen molar-refractivity contribution in [3.05, 3.63) is 88.0 Å². The second-order valence-electron chi connectivity index (χ2n) is 7.80. The molecule has 0 atom stereocenters. The Balaban J connectivity index is 1.37. The smallest absolute Gasteiger partial charge is 0.326 e. The van der Waals surface area contributed by atoms with E-state index in [1.54, 1.807) is 26.4 Å². The van der Waals surface area contributed by atoms with Crippen molar-refractivity contribution >= 4 is 39.1 Å². The van der Waals surface area contributed by atoms with E-state index in [4.69, 9.17) is 14.2 Å². The quantitative estimate of drug-likeness (QED) is 0.237. The Kier molecular flexibility index (Phi) is 6.20. The summed E-state index contributed by atoms with van der Waals surface area (Å²) in [5.41, 5.74) is 2.77. The summed E-state index contributed by atoms with van der Waals surface area (Å²) in [5.74, 6) is 0.802. The van der Waals surface area contributed by atoms with Gasteiger partial charge in [-0.2, -0.15) is 0 Å². The number of pyridine rings is 1. The van der Waals surface area contributed by atoms with Crippen LogP contribution in [0.15, 0.2) is 76.9 Å². The van der Waals surface area contributed by atoms with Crippen LogP contribution in [0.5, 0.6) is 11.5 Å². The third kappa shape index (κ3) is 4.24. The van der Waals surface area contributed by atoms with Crippen LogP contribution < -0.4 is 14.9 Å². The minimum absolute atomic E-state index is 0.0258. The molecule has 0 aliphatic heterocycles. The van der Waals surface area contributed by atoms with Crippen molar-refractivity contribution in [1.82, 2.24) is 9.55 Å². The highest BCUT2D eigenvalue weighted by atomic mass is 32.1. The molecule has 0 radical (unpaired) electrons. The lowest BCUT2D eigenvalue weighted by Gasteiger charge is -2.14. The molecule has 0 spiro atoms. The maximum absolute atomic E-state index is 12.9. The van der Waals surface area contributed by atoms with Crippen molar-refractivity contribution in [2.24, 2.45) is 0 Å². The molecule has 0 saturated carbocycles. The number of hydrogen-bond acceptors (Lipinski definition) is 7. The summed E-state index contributed by atoms with van der Waals surface area (Å²) in [6, 6.07) is 20.2. The van der Waals surface area contributed by atoms with Gasteiger partial charge in [0.1, 0.15) is 18.2 Å². The summed E-state index contributed by atoms with van der Waals surface area (Å²) in [5, 5.41) is 3.72. The number of carbonyl (C=O) groups is 1. The predicted octanol–water partition coefficient (Wildman–Crippen LogP) is 5.04. The van der Waals surface area contributed by atoms with Crippen molar-refractivity contribution in [3.63, 3.8) is 0 Å². The van der Waals surface area contributed by atoms with E-state index in [9.17, 15) is 9.59 Å². The number of methoxy groups -OCH3 is 2. The van der Waals surface area contributed by atoms with E-state index in [-0.39, 0.29) is 18.6 Å². The normalized spacial score (nSPS) is 11.0. The van der Waals surface area contributed by atoms with Crippen LogP contribution in [0.4, 0.5) is 0 Å². The number of rotatable bonds is 7. The van der Waals surface area contributed by atoms with Crippen LogP contribution in [0.3, 0.4) is 0 Å². The maximum Gasteiger partial charge on any atom is 0.326 e. The second-order valence-corrected chi connectivity index (χ2v) is 8.65. The highest BCUT2D eigenvalue weighted by Crippen LogP contribution is 2.39. The van der Waals surface area contributed by atoms with Gasteiger partial charge in [0.2, 0.25) is 0 Å². The number of nitrogens with zero attached hydrogens (tertiary/aromatic N) is 2. The first-order valence-corrected chi connectivity index (χ1v) is 11.8. The van der Waals surface area contributed by atoms with Crippen molar-refractivity contribution in [3.8, 4) is 22.1 Å². The first kappa shape index (κ1) is 22.6. The molecule has 8 heteroatoms. The lowest BCUT2D eigenvalue weighted by Crippen LogP contribution is -2.18. The second kappa shape index (κ2) is 9.60. The van der Waals surface area contributed by atoms with Gasteiger partial charge in [0.25, 0.3) is 0 Å². The fourth-order valence-corrected chi connectivity index (χ4v) is 4.96. The zero-order chi connectivity index (χ0) is 24.4. The van der Waals surface area contributed by atoms with Gasteiger partial charge in [-0.25, -0.2) is 4.98 Å². The Morgan fingerprint density at radius 3 is 2.26 bits per heavy atom. The molecule has 5 rings (SSSR count). The summed E-state index contributed by atoms with van der Waals surface area (Å²) in [4.78, 5) is 30.3. The van der Waals surface area contributed by atoms with Crippen LogP contribution in [-0.2, 0) is 22.7 Å². The van der Waals surface area contributed by atoms with Gasteiger partial charge in [0.05, 0.1) is 36.5 Å². The third-order valence-electron chi connectivity index (χ3n) is 5.73. The number of carbonyl (C=O) groups excluding carboxylic acids is 1. The average Bonchev–Trinajstić information content (AvgIpc) is 3.38. The van der Waals surface area contributed by atoms with Crippen LogP contribution in [0.1, 0.15) is 5.69 Å². The van der Waals surface area contributed by atoms with Crippen LogP contribution in [0, 0.1) is 0 Å². The number of para-hydroxylation sites is 3. The van der Waals surface area contributed by atoms with Crippen LogP contribution in [0.25, 0.3) is 32.4 Å². The largest absolute Gasteiger partial charge is 0.493 e. The molecule has 0 fully saturated rings. The third-order valence-corrected chi connectivity index (χ3v) is 6.66. The fourth-order valence-electron chi connectivity index (χ4n) is 4.13. The van der Waals surface area contributed by atoms with E-state index in [0.29, 0.717) is 39.0 Å². The molecule has 0 aliphatic rings. The Bertz CT molecular complexity index is 1540. The molecule has 7 nitrogen and oxygen atoms in total. The molecule has 35 heavy (non-hydrogen) atoms. The first-order chi connectivity index (χ1) is 17.1. The van der Waals surface area contributed by atoms with Gasteiger partial charge in [-0.1, -0.05) is 30.3 Å². The van der Waals surface area contributed by atoms with E-state index in [2.05, 4.69) is 4.98 Å². The monoisotopic (exact) mass is 486 g/mol. The zero-order valence-corrected chi connectivity index (χ0v) is 20.0. The number of thiazole rings is 1. The Labute approximate surface area is 205 Å². The first-order valence-electron chi connectivity index (χ1n) is 10.9. The van der Waals surface area contributed by atoms with Crippen molar-refractivity contribution < 1.29 is 19.0 Å². The summed E-state index contributed by atoms with van der Waals surface area (Å²) in [7, 11) is 3.17. The molecule has 5 aromatic rings. The molecule has 0 bridgehead atoms. The molecule has 0 N–H and O–H groups in total. The van der Waals surface area contributed by atoms with E-state index >= 15 is 0 Å². The van der Waals surface area contributed by atoms with Crippen molar-refractivity contribution in [2.75, 3.05) is 14.2 Å². The molecular formula is C27H22N2O5S. The number of hydrogen-bond donors (Lipinski definition) is 0. The van der Waals surface area contributed by atoms with E-state index in [0.717, 1.165) is 10.6 Å². The zero-order valence-electron chi connectivity index (χ0n) is 19.2. The minimum Gasteiger partial charge on any atom is -0.493 e. The minimum atomic E-state index is -0.419. The number of esters is 1. The lowest BCUT2D eigenvalue weighted by atomic mass is 10.1. The average molecular weight is 487 g/mol. The highest BCUT2D eigenvalue weighted by Gasteiger charge is 2.16. The number of benzene rings is 3. The van der Waals surface area contributed by atoms with Gasteiger partial charge in [0, 0.05) is 16.2 Å². The van der Waals surface area contributed by atoms with Gasteiger partial charge in [0.15, 0.2) is 16.9 Å². The lowest BCUT2D eigenvalue weighted by molar-refractivity contribution is -0.145. The van der Waals surface area contributed by atoms with Crippen molar-refractivity contribution in [1.29, 1.82) is 0 Å². The molecule has 2 aromatic heterocycles.